The van der Waals surface area contributed by atoms with Crippen LogP contribution in [0, 0.1) is 10.5 Å². The van der Waals surface area contributed by atoms with Gasteiger partial charge in [0.05, 0.1) is 5.52 Å². The Bertz CT molecular complexity index is 480. The van der Waals surface area contributed by atoms with E-state index >= 15 is 0 Å². The van der Waals surface area contributed by atoms with Crippen molar-refractivity contribution in [3.05, 3.63) is 33.5 Å². The van der Waals surface area contributed by atoms with Gasteiger partial charge in [-0.2, -0.15) is 0 Å². The molecule has 0 amide bonds. The first-order valence-electron chi connectivity index (χ1n) is 4.45. The summed E-state index contributed by atoms with van der Waals surface area (Å²) in [6.45, 7) is 2.01. The number of aryl methyl sites for hydroxylation is 1. The predicted molar refractivity (Wildman–Crippen MR) is 68.7 cm³/mol. The fourth-order valence-corrected chi connectivity index (χ4v) is 2.03. The highest BCUT2D eigenvalue weighted by Gasteiger charge is 2.02. The van der Waals surface area contributed by atoms with Crippen LogP contribution in [-0.4, -0.2) is 12.0 Å². The summed E-state index contributed by atoms with van der Waals surface area (Å²) in [6, 6.07) is 8.35. The monoisotopic (exact) mass is 298 g/mol. The number of pyridine rings is 1. The Balaban J connectivity index is 2.81. The van der Waals surface area contributed by atoms with E-state index in [1.807, 2.05) is 14.0 Å². The largest absolute Gasteiger partial charge is 0.388 e. The van der Waals surface area contributed by atoms with E-state index in [-0.39, 0.29) is 0 Å². The first-order valence-corrected chi connectivity index (χ1v) is 5.53. The van der Waals surface area contributed by atoms with Crippen LogP contribution in [0.4, 0.5) is 5.69 Å². The molecule has 2 rings (SSSR count). The van der Waals surface area contributed by atoms with Crippen LogP contribution in [-0.2, 0) is 0 Å². The lowest BCUT2D eigenvalue weighted by Crippen LogP contribution is -1.93. The quantitative estimate of drug-likeness (QED) is 0.818. The Hall–Kier alpha value is -0.840. The lowest BCUT2D eigenvalue weighted by Gasteiger charge is -2.07. The number of hydrogen-bond acceptors (Lipinski definition) is 2. The smallest absolute Gasteiger partial charge is 0.0726 e. The Morgan fingerprint density at radius 2 is 2.07 bits per heavy atom. The summed E-state index contributed by atoms with van der Waals surface area (Å²) in [5.41, 5.74) is 3.24. The molecule has 0 unspecified atom stereocenters. The molecule has 3 heteroatoms. The van der Waals surface area contributed by atoms with Crippen LogP contribution < -0.4 is 5.32 Å². The summed E-state index contributed by atoms with van der Waals surface area (Å²) in [5.74, 6) is 0. The summed E-state index contributed by atoms with van der Waals surface area (Å²) >= 11 is 2.31. The van der Waals surface area contributed by atoms with Crippen LogP contribution in [0.15, 0.2) is 24.3 Å². The van der Waals surface area contributed by atoms with E-state index in [1.54, 1.807) is 0 Å². The Labute approximate surface area is 96.9 Å². The zero-order chi connectivity index (χ0) is 10.1. The molecule has 72 valence electrons. The van der Waals surface area contributed by atoms with E-state index < -0.39 is 0 Å². The van der Waals surface area contributed by atoms with Gasteiger partial charge in [-0.1, -0.05) is 0 Å². The van der Waals surface area contributed by atoms with Gasteiger partial charge in [-0.05, 0) is 53.8 Å². The van der Waals surface area contributed by atoms with Gasteiger partial charge in [-0.25, -0.2) is 0 Å². The Morgan fingerprint density at radius 1 is 1.29 bits per heavy atom. The molecule has 0 saturated heterocycles. The number of halogens is 1. The van der Waals surface area contributed by atoms with Gasteiger partial charge >= 0.3 is 0 Å². The summed E-state index contributed by atoms with van der Waals surface area (Å²) in [5, 5.41) is 4.38. The molecule has 0 aliphatic rings. The number of anilines is 1. The van der Waals surface area contributed by atoms with Crippen LogP contribution in [0.1, 0.15) is 5.69 Å². The maximum Gasteiger partial charge on any atom is 0.0726 e. The number of aromatic nitrogens is 1. The van der Waals surface area contributed by atoms with Gasteiger partial charge in [-0.3, -0.25) is 4.98 Å². The third-order valence-corrected chi connectivity index (χ3v) is 2.84. The van der Waals surface area contributed by atoms with Crippen molar-refractivity contribution in [2.75, 3.05) is 12.4 Å². The highest BCUT2D eigenvalue weighted by Crippen LogP contribution is 2.24. The van der Waals surface area contributed by atoms with Crippen LogP contribution >= 0.6 is 22.6 Å². The molecule has 0 aliphatic carbocycles. The normalized spacial score (nSPS) is 10.5. The minimum atomic E-state index is 1.04. The standard InChI is InChI=1S/C11H11IN2/c1-7-5-11(13-2)9-6-8(12)3-4-10(9)14-7/h3-6H,1-2H3,(H,13,14). The molecule has 0 spiro atoms. The molecule has 14 heavy (non-hydrogen) atoms. The Kier molecular flexibility index (Phi) is 2.58. The zero-order valence-electron chi connectivity index (χ0n) is 8.13. The number of nitrogens with zero attached hydrogens (tertiary/aromatic N) is 1. The first-order chi connectivity index (χ1) is 6.70. The summed E-state index contributed by atoms with van der Waals surface area (Å²) in [4.78, 5) is 4.48. The second kappa shape index (κ2) is 3.73. The van der Waals surface area contributed by atoms with E-state index in [2.05, 4.69) is 57.2 Å². The summed E-state index contributed by atoms with van der Waals surface area (Å²) < 4.78 is 1.23. The Morgan fingerprint density at radius 3 is 2.79 bits per heavy atom. The van der Waals surface area contributed by atoms with Gasteiger partial charge < -0.3 is 5.32 Å². The molecule has 2 nitrogen and oxygen atoms in total. The molecule has 1 aromatic heterocycles. The van der Waals surface area contributed by atoms with Gasteiger partial charge in [0.15, 0.2) is 0 Å². The lowest BCUT2D eigenvalue weighted by molar-refractivity contribution is 1.25. The third kappa shape index (κ3) is 1.68. The van der Waals surface area contributed by atoms with Crippen LogP contribution in [0.2, 0.25) is 0 Å². The lowest BCUT2D eigenvalue weighted by atomic mass is 10.1. The molecular weight excluding hydrogens is 287 g/mol. The minimum Gasteiger partial charge on any atom is -0.388 e. The molecule has 1 aromatic carbocycles. The number of hydrogen-bond donors (Lipinski definition) is 1. The fourth-order valence-electron chi connectivity index (χ4n) is 1.54. The first kappa shape index (κ1) is 9.71. The van der Waals surface area contributed by atoms with Crippen molar-refractivity contribution in [2.45, 2.75) is 6.92 Å². The molecule has 1 N–H and O–H groups in total. The molecule has 2 aromatic rings. The van der Waals surface area contributed by atoms with Crippen LogP contribution in [0.25, 0.3) is 10.9 Å². The molecule has 0 atom stereocenters. The molecule has 0 bridgehead atoms. The highest BCUT2D eigenvalue weighted by molar-refractivity contribution is 14.1. The van der Waals surface area contributed by atoms with Crippen molar-refractivity contribution in [3.63, 3.8) is 0 Å². The maximum absolute atomic E-state index is 4.48. The van der Waals surface area contributed by atoms with Gasteiger partial charge in [0.25, 0.3) is 0 Å². The second-order valence-electron chi connectivity index (χ2n) is 3.22. The zero-order valence-corrected chi connectivity index (χ0v) is 10.3. The number of rotatable bonds is 1. The van der Waals surface area contributed by atoms with Crippen LogP contribution in [0.3, 0.4) is 0 Å². The van der Waals surface area contributed by atoms with Crippen molar-refractivity contribution in [1.29, 1.82) is 0 Å². The van der Waals surface area contributed by atoms with E-state index in [1.165, 1.54) is 8.96 Å². The molecule has 0 fully saturated rings. The maximum atomic E-state index is 4.48. The van der Waals surface area contributed by atoms with E-state index in [0.29, 0.717) is 0 Å². The summed E-state index contributed by atoms with van der Waals surface area (Å²) in [7, 11) is 1.94. The third-order valence-electron chi connectivity index (χ3n) is 2.17. The van der Waals surface area contributed by atoms with Gasteiger partial charge in [0.1, 0.15) is 0 Å². The van der Waals surface area contributed by atoms with Crippen molar-refractivity contribution < 1.29 is 0 Å². The van der Waals surface area contributed by atoms with Gasteiger partial charge in [0.2, 0.25) is 0 Å². The molecular formula is C11H11IN2. The molecule has 0 radical (unpaired) electrons. The number of benzene rings is 1. The fraction of sp³-hybridized carbons (Fsp3) is 0.182. The van der Waals surface area contributed by atoms with E-state index in [0.717, 1.165) is 16.9 Å². The molecule has 0 aliphatic heterocycles. The minimum absolute atomic E-state index is 1.04. The predicted octanol–water partition coefficient (Wildman–Crippen LogP) is 3.19. The van der Waals surface area contributed by atoms with Crippen molar-refractivity contribution in [3.8, 4) is 0 Å². The average Bonchev–Trinajstić information content (AvgIpc) is 2.17. The number of nitrogens with one attached hydrogen (secondary N) is 1. The van der Waals surface area contributed by atoms with Crippen molar-refractivity contribution in [2.24, 2.45) is 0 Å². The topological polar surface area (TPSA) is 24.9 Å². The van der Waals surface area contributed by atoms with Gasteiger partial charge in [0, 0.05) is 27.4 Å². The highest BCUT2D eigenvalue weighted by atomic mass is 127. The van der Waals surface area contributed by atoms with Crippen molar-refractivity contribution >= 4 is 39.2 Å². The second-order valence-corrected chi connectivity index (χ2v) is 4.47. The van der Waals surface area contributed by atoms with Crippen LogP contribution in [0.5, 0.6) is 0 Å². The SMILES string of the molecule is CNc1cc(C)nc2ccc(I)cc12. The molecule has 1 heterocycles. The number of fused-ring (bicyclic) bond motifs is 1. The van der Waals surface area contributed by atoms with Gasteiger partial charge in [-0.15, -0.1) is 0 Å². The average molecular weight is 298 g/mol. The summed E-state index contributed by atoms with van der Waals surface area (Å²) in [6.07, 6.45) is 0. The van der Waals surface area contributed by atoms with E-state index in [9.17, 15) is 0 Å². The van der Waals surface area contributed by atoms with Crippen molar-refractivity contribution in [1.82, 2.24) is 4.98 Å². The van der Waals surface area contributed by atoms with E-state index in [4.69, 9.17) is 0 Å². The molecule has 0 saturated carbocycles.